The second-order valence-corrected chi connectivity index (χ2v) is 10.8. The molecule has 3 fully saturated rings. The molecule has 3 aliphatic carbocycles. The van der Waals surface area contributed by atoms with Crippen molar-refractivity contribution in [2.45, 2.75) is 79.3 Å². The van der Waals surface area contributed by atoms with Crippen LogP contribution in [0.3, 0.4) is 0 Å². The lowest BCUT2D eigenvalue weighted by molar-refractivity contribution is -0.166. The zero-order valence-corrected chi connectivity index (χ0v) is 24.2. The molecule has 3 aromatic rings. The molecule has 3 aliphatic rings. The van der Waals surface area contributed by atoms with Crippen LogP contribution in [-0.2, 0) is 16.1 Å². The van der Waals surface area contributed by atoms with Crippen molar-refractivity contribution in [2.24, 2.45) is 16.6 Å². The Bertz CT molecular complexity index is 1400. The molecule has 1 unspecified atom stereocenters. The summed E-state index contributed by atoms with van der Waals surface area (Å²) in [5.74, 6) is -2.09. The van der Waals surface area contributed by atoms with E-state index in [0.717, 1.165) is 49.1 Å². The third-order valence-corrected chi connectivity index (χ3v) is 8.37. The lowest BCUT2D eigenvalue weighted by Gasteiger charge is -2.53. The number of nitrogens with two attached hydrogens (primary N) is 1. The largest absolute Gasteiger partial charge is 0.477 e. The number of aromatic nitrogens is 4. The van der Waals surface area contributed by atoms with Crippen LogP contribution < -0.4 is 11.1 Å². The first kappa shape index (κ1) is 34.6. The smallest absolute Gasteiger partial charge is 0.354 e. The Morgan fingerprint density at radius 2 is 1.81 bits per heavy atom. The van der Waals surface area contributed by atoms with Crippen LogP contribution in [0.25, 0.3) is 5.65 Å². The highest BCUT2D eigenvalue weighted by molar-refractivity contribution is 5.95. The van der Waals surface area contributed by atoms with Crippen LogP contribution in [0, 0.1) is 23.6 Å². The number of nitrogens with zero attached hydrogens (tertiary/aromatic N) is 4. The highest BCUT2D eigenvalue weighted by Crippen LogP contribution is 2.58. The summed E-state index contributed by atoms with van der Waals surface area (Å²) in [6, 6.07) is 5.88. The van der Waals surface area contributed by atoms with Gasteiger partial charge in [0.2, 0.25) is 0 Å². The van der Waals surface area contributed by atoms with E-state index in [1.165, 1.54) is 12.3 Å². The lowest BCUT2D eigenvalue weighted by Crippen LogP contribution is -2.52. The monoisotopic (exact) mass is 606 g/mol. The molecular weight excluding hydrogens is 567 g/mol. The molecule has 0 spiro atoms. The first-order valence-electron chi connectivity index (χ1n) is 13.4. The number of aryl methyl sites for hydroxylation is 1. The molecule has 42 heavy (non-hydrogen) atoms. The Morgan fingerprint density at radius 1 is 1.17 bits per heavy atom. The number of amides is 1. The Kier molecular flexibility index (Phi) is 11.5. The van der Waals surface area contributed by atoms with Gasteiger partial charge in [-0.1, -0.05) is 24.8 Å². The SMILES string of the molecule is C.CCOC(=O)C12CCC(C(C)N)(CC1)CC2.Cc1cc(CNC(=O)c2cc(C(=O)O)n3nncc3n2)ccc1F.Cl. The maximum absolute atomic E-state index is 13.2. The first-order chi connectivity index (χ1) is 19.0. The van der Waals surface area contributed by atoms with Gasteiger partial charge in [0.1, 0.15) is 11.5 Å². The predicted molar refractivity (Wildman–Crippen MR) is 157 cm³/mol. The molecular formula is C29H40ClFN6O5. The van der Waals surface area contributed by atoms with E-state index in [-0.39, 0.29) is 66.7 Å². The number of rotatable bonds is 7. The standard InChI is InChI=1S/C15H12FN5O3.C13H23NO2.CH4.ClH/c1-8-4-9(2-3-10(8)16)6-17-14(22)11-5-12(15(23)24)21-13(19-11)7-18-20-21;1-3-16-11(15)13-7-4-12(5-8-13,6-9-13)10(2)14;;/h2-5,7H,6H2,1H3,(H,17,22)(H,23,24);10H,3-9,14H2,1-2H3;1H4;1H. The van der Waals surface area contributed by atoms with Crippen molar-refractivity contribution in [3.05, 3.63) is 58.8 Å². The van der Waals surface area contributed by atoms with Gasteiger partial charge in [0.25, 0.3) is 5.91 Å². The average molecular weight is 607 g/mol. The number of fused-ring (bicyclic) bond motifs is 4. The third kappa shape index (κ3) is 7.04. The van der Waals surface area contributed by atoms with Crippen molar-refractivity contribution in [3.63, 3.8) is 0 Å². The second-order valence-electron chi connectivity index (χ2n) is 10.8. The minimum Gasteiger partial charge on any atom is -0.477 e. The fraction of sp³-hybridized carbons (Fsp3) is 0.517. The van der Waals surface area contributed by atoms with Crippen molar-refractivity contribution >= 4 is 35.9 Å². The maximum Gasteiger partial charge on any atom is 0.354 e. The van der Waals surface area contributed by atoms with Gasteiger partial charge in [-0.05, 0) is 81.9 Å². The van der Waals surface area contributed by atoms with Crippen LogP contribution in [0.15, 0.2) is 30.5 Å². The Labute approximate surface area is 250 Å². The van der Waals surface area contributed by atoms with Gasteiger partial charge in [-0.25, -0.2) is 14.2 Å². The molecule has 2 bridgehead atoms. The van der Waals surface area contributed by atoms with Crippen molar-refractivity contribution in [1.29, 1.82) is 0 Å². The van der Waals surface area contributed by atoms with Crippen molar-refractivity contribution < 1.29 is 28.6 Å². The van der Waals surface area contributed by atoms with Crippen LogP contribution in [0.4, 0.5) is 4.39 Å². The minimum absolute atomic E-state index is 0. The van der Waals surface area contributed by atoms with Crippen molar-refractivity contribution in [2.75, 3.05) is 6.61 Å². The van der Waals surface area contributed by atoms with Crippen LogP contribution in [0.1, 0.15) is 91.9 Å². The molecule has 0 radical (unpaired) electrons. The number of ether oxygens (including phenoxy) is 1. The van der Waals surface area contributed by atoms with Gasteiger partial charge in [-0.2, -0.15) is 4.52 Å². The molecule has 4 N–H and O–H groups in total. The first-order valence-corrected chi connectivity index (χ1v) is 13.4. The number of carboxylic acid groups (broad SMARTS) is 1. The average Bonchev–Trinajstić information content (AvgIpc) is 3.43. The molecule has 13 heteroatoms. The number of benzene rings is 1. The number of carbonyl (C=O) groups is 3. The second kappa shape index (κ2) is 14.0. The molecule has 3 saturated carbocycles. The van der Waals surface area contributed by atoms with Crippen molar-refractivity contribution in [3.8, 4) is 0 Å². The van der Waals surface area contributed by atoms with E-state index >= 15 is 0 Å². The Balaban J connectivity index is 0.000000301. The normalized spacial score (nSPS) is 21.2. The fourth-order valence-corrected chi connectivity index (χ4v) is 5.67. The zero-order valence-electron chi connectivity index (χ0n) is 23.4. The van der Waals surface area contributed by atoms with Crippen LogP contribution in [0.5, 0.6) is 0 Å². The van der Waals surface area contributed by atoms with Crippen LogP contribution in [-0.4, -0.2) is 55.4 Å². The molecule has 0 aliphatic heterocycles. The summed E-state index contributed by atoms with van der Waals surface area (Å²) in [4.78, 5) is 39.5. The molecule has 230 valence electrons. The number of carbonyl (C=O) groups excluding carboxylic acids is 2. The molecule has 6 rings (SSSR count). The predicted octanol–water partition coefficient (Wildman–Crippen LogP) is 4.50. The Hall–Kier alpha value is -3.64. The fourth-order valence-electron chi connectivity index (χ4n) is 5.67. The molecule has 2 heterocycles. The van der Waals surface area contributed by atoms with Gasteiger partial charge >= 0.3 is 11.9 Å². The highest BCUT2D eigenvalue weighted by Gasteiger charge is 2.54. The maximum atomic E-state index is 13.2. The number of halogens is 2. The number of hydrogen-bond acceptors (Lipinski definition) is 8. The van der Waals surface area contributed by atoms with Crippen LogP contribution >= 0.6 is 12.4 Å². The third-order valence-electron chi connectivity index (χ3n) is 8.37. The Morgan fingerprint density at radius 3 is 2.36 bits per heavy atom. The molecule has 1 atom stereocenters. The summed E-state index contributed by atoms with van der Waals surface area (Å²) >= 11 is 0. The number of carboxylic acids is 1. The van der Waals surface area contributed by atoms with E-state index in [2.05, 4.69) is 27.5 Å². The zero-order chi connectivity index (χ0) is 29.1. The van der Waals surface area contributed by atoms with Gasteiger partial charge in [0.05, 0.1) is 18.2 Å². The number of aromatic carboxylic acids is 1. The van der Waals surface area contributed by atoms with E-state index in [1.807, 2.05) is 6.92 Å². The summed E-state index contributed by atoms with van der Waals surface area (Å²) < 4.78 is 19.5. The molecule has 0 saturated heterocycles. The lowest BCUT2D eigenvalue weighted by atomic mass is 9.52. The van der Waals surface area contributed by atoms with Gasteiger partial charge in [-0.15, -0.1) is 17.5 Å². The van der Waals surface area contributed by atoms with Gasteiger partial charge in [0.15, 0.2) is 11.3 Å². The minimum atomic E-state index is -1.25. The van der Waals surface area contributed by atoms with Crippen molar-refractivity contribution in [1.82, 2.24) is 25.1 Å². The number of esters is 1. The highest BCUT2D eigenvalue weighted by atomic mass is 35.5. The summed E-state index contributed by atoms with van der Waals surface area (Å²) in [5.41, 5.74) is 7.30. The van der Waals surface area contributed by atoms with E-state index in [1.54, 1.807) is 19.1 Å². The van der Waals surface area contributed by atoms with Crippen LogP contribution in [0.2, 0.25) is 0 Å². The van der Waals surface area contributed by atoms with Gasteiger partial charge in [-0.3, -0.25) is 9.59 Å². The van der Waals surface area contributed by atoms with E-state index < -0.39 is 11.9 Å². The van der Waals surface area contributed by atoms with E-state index in [4.69, 9.17) is 10.5 Å². The molecule has 1 amide bonds. The molecule has 2 aromatic heterocycles. The number of nitrogens with one attached hydrogen (secondary N) is 1. The topological polar surface area (TPSA) is 162 Å². The van der Waals surface area contributed by atoms with Gasteiger partial charge < -0.3 is 20.9 Å². The summed E-state index contributed by atoms with van der Waals surface area (Å²) in [6.07, 6.45) is 7.50. The van der Waals surface area contributed by atoms with E-state index in [9.17, 15) is 23.9 Å². The van der Waals surface area contributed by atoms with E-state index in [0.29, 0.717) is 23.1 Å². The summed E-state index contributed by atoms with van der Waals surface area (Å²) in [6.45, 7) is 6.28. The summed E-state index contributed by atoms with van der Waals surface area (Å²) in [7, 11) is 0. The van der Waals surface area contributed by atoms with Gasteiger partial charge in [0, 0.05) is 18.7 Å². The molecule has 11 nitrogen and oxygen atoms in total. The molecule has 1 aromatic carbocycles. The summed E-state index contributed by atoms with van der Waals surface area (Å²) in [5, 5.41) is 19.0. The quantitative estimate of drug-likeness (QED) is 0.329. The number of hydrogen-bond donors (Lipinski definition) is 3.